The number of hydrogen-bond donors (Lipinski definition) is 2. The van der Waals surface area contributed by atoms with Crippen LogP contribution in [-0.4, -0.2) is 38.3 Å². The van der Waals surface area contributed by atoms with Crippen molar-refractivity contribution in [3.8, 4) is 6.07 Å². The Morgan fingerprint density at radius 3 is 3.13 bits per heavy atom. The summed E-state index contributed by atoms with van der Waals surface area (Å²) in [6.45, 7) is 2.29. The Balaban J connectivity index is 1.94. The summed E-state index contributed by atoms with van der Waals surface area (Å²) < 4.78 is 5.40. The lowest BCUT2D eigenvalue weighted by Crippen LogP contribution is -2.37. The van der Waals surface area contributed by atoms with Gasteiger partial charge in [-0.1, -0.05) is 0 Å². The molecule has 1 saturated heterocycles. The normalized spacial score (nSPS) is 19.8. The summed E-state index contributed by atoms with van der Waals surface area (Å²) in [7, 11) is 0. The molecule has 1 aliphatic heterocycles. The zero-order valence-corrected chi connectivity index (χ0v) is 8.79. The van der Waals surface area contributed by atoms with Gasteiger partial charge in [0, 0.05) is 19.7 Å². The zero-order chi connectivity index (χ0) is 10.9. The van der Waals surface area contributed by atoms with Crippen LogP contribution in [0, 0.1) is 11.3 Å². The van der Waals surface area contributed by atoms with Gasteiger partial charge in [-0.2, -0.15) is 5.26 Å². The van der Waals surface area contributed by atoms with Gasteiger partial charge in [0.25, 0.3) is 0 Å². The maximum absolute atomic E-state index is 11.2. The number of ether oxygens (including phenoxy) is 1. The Labute approximate surface area is 89.8 Å². The predicted octanol–water partition coefficient (Wildman–Crippen LogP) is -0.215. The summed E-state index contributed by atoms with van der Waals surface area (Å²) in [6, 6.07) is 1.97. The third-order valence-corrected chi connectivity index (χ3v) is 2.24. The minimum absolute atomic E-state index is 0.0664. The van der Waals surface area contributed by atoms with Gasteiger partial charge in [0.2, 0.25) is 5.91 Å². The van der Waals surface area contributed by atoms with Crippen molar-refractivity contribution >= 4 is 5.91 Å². The highest BCUT2D eigenvalue weighted by molar-refractivity contribution is 5.77. The molecule has 1 amide bonds. The molecule has 1 aliphatic rings. The summed E-state index contributed by atoms with van der Waals surface area (Å²) in [4.78, 5) is 11.2. The summed E-state index contributed by atoms with van der Waals surface area (Å²) in [6.07, 6.45) is 2.80. The second-order valence-corrected chi connectivity index (χ2v) is 3.52. The molecule has 0 aromatic heterocycles. The lowest BCUT2D eigenvalue weighted by molar-refractivity contribution is -0.120. The quantitative estimate of drug-likeness (QED) is 0.596. The second-order valence-electron chi connectivity index (χ2n) is 3.52. The predicted molar refractivity (Wildman–Crippen MR) is 55.1 cm³/mol. The van der Waals surface area contributed by atoms with Crippen LogP contribution in [0.4, 0.5) is 0 Å². The Morgan fingerprint density at radius 2 is 2.47 bits per heavy atom. The second kappa shape index (κ2) is 7.21. The van der Waals surface area contributed by atoms with E-state index in [2.05, 4.69) is 10.6 Å². The molecule has 0 aliphatic carbocycles. The fraction of sp³-hybridized carbons (Fsp3) is 0.800. The molecular weight excluding hydrogens is 194 g/mol. The van der Waals surface area contributed by atoms with E-state index in [4.69, 9.17) is 10.00 Å². The first-order chi connectivity index (χ1) is 7.33. The molecule has 0 bridgehead atoms. The highest BCUT2D eigenvalue weighted by atomic mass is 16.5. The van der Waals surface area contributed by atoms with E-state index in [0.29, 0.717) is 19.5 Å². The number of nitriles is 1. The minimum Gasteiger partial charge on any atom is -0.377 e. The number of nitrogens with zero attached hydrogens (tertiary/aromatic N) is 1. The monoisotopic (exact) mass is 211 g/mol. The number of amides is 1. The largest absolute Gasteiger partial charge is 0.377 e. The fourth-order valence-corrected chi connectivity index (χ4v) is 1.47. The van der Waals surface area contributed by atoms with Gasteiger partial charge in [-0.25, -0.2) is 0 Å². The Bertz CT molecular complexity index is 231. The fourth-order valence-electron chi connectivity index (χ4n) is 1.47. The standard InChI is InChI=1S/C10H17N3O2/c11-4-2-5-13-10(14)8-12-7-9-3-1-6-15-9/h9,12H,1-3,5-8H2,(H,13,14). The van der Waals surface area contributed by atoms with Gasteiger partial charge < -0.3 is 15.4 Å². The van der Waals surface area contributed by atoms with Crippen LogP contribution in [-0.2, 0) is 9.53 Å². The van der Waals surface area contributed by atoms with Crippen LogP contribution >= 0.6 is 0 Å². The molecule has 0 aromatic carbocycles. The molecule has 15 heavy (non-hydrogen) atoms. The average molecular weight is 211 g/mol. The summed E-state index contributed by atoms with van der Waals surface area (Å²) in [5.41, 5.74) is 0. The van der Waals surface area contributed by atoms with Gasteiger partial charge >= 0.3 is 0 Å². The first-order valence-electron chi connectivity index (χ1n) is 5.29. The van der Waals surface area contributed by atoms with Crippen LogP contribution in [0.5, 0.6) is 0 Å². The number of nitrogens with one attached hydrogen (secondary N) is 2. The Morgan fingerprint density at radius 1 is 1.60 bits per heavy atom. The summed E-state index contributed by atoms with van der Waals surface area (Å²) in [5, 5.41) is 13.9. The van der Waals surface area contributed by atoms with Crippen molar-refractivity contribution in [2.75, 3.05) is 26.2 Å². The van der Waals surface area contributed by atoms with E-state index in [1.807, 2.05) is 6.07 Å². The van der Waals surface area contributed by atoms with E-state index >= 15 is 0 Å². The number of carbonyl (C=O) groups is 1. The van der Waals surface area contributed by atoms with Crippen LogP contribution in [0.25, 0.3) is 0 Å². The van der Waals surface area contributed by atoms with Gasteiger partial charge in [0.15, 0.2) is 0 Å². The van der Waals surface area contributed by atoms with E-state index in [1.54, 1.807) is 0 Å². The van der Waals surface area contributed by atoms with Crippen molar-refractivity contribution < 1.29 is 9.53 Å². The van der Waals surface area contributed by atoms with Crippen LogP contribution in [0.3, 0.4) is 0 Å². The zero-order valence-electron chi connectivity index (χ0n) is 8.79. The van der Waals surface area contributed by atoms with Gasteiger partial charge in [0.05, 0.1) is 25.1 Å². The lowest BCUT2D eigenvalue weighted by Gasteiger charge is -2.10. The van der Waals surface area contributed by atoms with E-state index in [9.17, 15) is 4.79 Å². The number of hydrogen-bond acceptors (Lipinski definition) is 4. The molecule has 1 fully saturated rings. The molecular formula is C10H17N3O2. The molecule has 0 saturated carbocycles. The molecule has 1 heterocycles. The van der Waals surface area contributed by atoms with Crippen LogP contribution in [0.2, 0.25) is 0 Å². The third-order valence-electron chi connectivity index (χ3n) is 2.24. The molecule has 5 nitrogen and oxygen atoms in total. The number of carbonyl (C=O) groups excluding carboxylic acids is 1. The highest BCUT2D eigenvalue weighted by Gasteiger charge is 2.14. The number of rotatable bonds is 6. The molecule has 0 aromatic rings. The third kappa shape index (κ3) is 5.35. The maximum atomic E-state index is 11.2. The van der Waals surface area contributed by atoms with Gasteiger partial charge in [-0.3, -0.25) is 4.79 Å². The molecule has 1 atom stereocenters. The van der Waals surface area contributed by atoms with E-state index in [-0.39, 0.29) is 12.0 Å². The molecule has 1 unspecified atom stereocenters. The van der Waals surface area contributed by atoms with E-state index in [1.165, 1.54) is 0 Å². The summed E-state index contributed by atoms with van der Waals surface area (Å²) >= 11 is 0. The Hall–Kier alpha value is -1.12. The van der Waals surface area contributed by atoms with Crippen molar-refractivity contribution in [3.63, 3.8) is 0 Å². The average Bonchev–Trinajstić information content (AvgIpc) is 2.71. The molecule has 5 heteroatoms. The summed E-state index contributed by atoms with van der Waals surface area (Å²) in [5.74, 6) is -0.0664. The molecule has 2 N–H and O–H groups in total. The van der Waals surface area contributed by atoms with Crippen molar-refractivity contribution in [1.82, 2.24) is 10.6 Å². The first-order valence-corrected chi connectivity index (χ1v) is 5.29. The van der Waals surface area contributed by atoms with Crippen LogP contribution in [0.15, 0.2) is 0 Å². The minimum atomic E-state index is -0.0664. The van der Waals surface area contributed by atoms with Crippen molar-refractivity contribution in [2.45, 2.75) is 25.4 Å². The topological polar surface area (TPSA) is 74.2 Å². The van der Waals surface area contributed by atoms with Crippen LogP contribution < -0.4 is 10.6 Å². The Kier molecular flexibility index (Phi) is 5.74. The first kappa shape index (κ1) is 12.0. The van der Waals surface area contributed by atoms with Gasteiger partial charge in [-0.05, 0) is 12.8 Å². The van der Waals surface area contributed by atoms with Gasteiger partial charge in [-0.15, -0.1) is 0 Å². The molecule has 0 spiro atoms. The molecule has 1 rings (SSSR count). The smallest absolute Gasteiger partial charge is 0.233 e. The maximum Gasteiger partial charge on any atom is 0.233 e. The lowest BCUT2D eigenvalue weighted by atomic mass is 10.2. The van der Waals surface area contributed by atoms with E-state index in [0.717, 1.165) is 26.0 Å². The molecule has 0 radical (unpaired) electrons. The SMILES string of the molecule is N#CCCNC(=O)CNCC1CCCO1. The van der Waals surface area contributed by atoms with E-state index < -0.39 is 0 Å². The van der Waals surface area contributed by atoms with Crippen LogP contribution in [0.1, 0.15) is 19.3 Å². The molecule has 84 valence electrons. The van der Waals surface area contributed by atoms with Crippen molar-refractivity contribution in [3.05, 3.63) is 0 Å². The van der Waals surface area contributed by atoms with Gasteiger partial charge in [0.1, 0.15) is 0 Å². The van der Waals surface area contributed by atoms with Crippen molar-refractivity contribution in [2.24, 2.45) is 0 Å². The van der Waals surface area contributed by atoms with Crippen molar-refractivity contribution in [1.29, 1.82) is 5.26 Å². The highest BCUT2D eigenvalue weighted by Crippen LogP contribution is 2.10.